The van der Waals surface area contributed by atoms with E-state index in [9.17, 15) is 0 Å². The maximum absolute atomic E-state index is 7.03. The van der Waals surface area contributed by atoms with Gasteiger partial charge in [0.05, 0.1) is 0 Å². The lowest BCUT2D eigenvalue weighted by Crippen LogP contribution is -1.90. The average molecular weight is 229 g/mol. The molecule has 1 rings (SSSR count). The summed E-state index contributed by atoms with van der Waals surface area (Å²) in [5.41, 5.74) is 2.97. The van der Waals surface area contributed by atoms with Crippen LogP contribution in [0.4, 0.5) is 0 Å². The molecule has 1 aromatic rings. The van der Waals surface area contributed by atoms with Crippen LogP contribution in [0.2, 0.25) is 0 Å². The average Bonchev–Trinajstić information content (AvgIpc) is 2.37. The Morgan fingerprint density at radius 3 is 2.53 bits per heavy atom. The molecule has 0 spiro atoms. The molecular weight excluding hydrogens is 206 g/mol. The molecule has 0 heterocycles. The van der Waals surface area contributed by atoms with Crippen LogP contribution in [0.3, 0.4) is 0 Å². The molecule has 1 nitrogen and oxygen atoms in total. The van der Waals surface area contributed by atoms with Gasteiger partial charge in [0.25, 0.3) is 0 Å². The molecule has 0 bridgehead atoms. The Morgan fingerprint density at radius 1 is 1.12 bits per heavy atom. The van der Waals surface area contributed by atoms with Gasteiger partial charge in [-0.2, -0.15) is 0 Å². The van der Waals surface area contributed by atoms with E-state index >= 15 is 0 Å². The Hall–Kier alpha value is -1.37. The van der Waals surface area contributed by atoms with Gasteiger partial charge in [0.15, 0.2) is 0 Å². The predicted molar refractivity (Wildman–Crippen MR) is 75.8 cm³/mol. The highest BCUT2D eigenvalue weighted by atomic mass is 14.3. The number of allylic oxidation sites excluding steroid dienone is 2. The van der Waals surface area contributed by atoms with Crippen molar-refractivity contribution < 1.29 is 0 Å². The van der Waals surface area contributed by atoms with Crippen molar-refractivity contribution in [1.82, 2.24) is 0 Å². The molecule has 1 aromatic carbocycles. The fraction of sp³-hybridized carbons (Fsp3) is 0.438. The van der Waals surface area contributed by atoms with Gasteiger partial charge in [0.2, 0.25) is 0 Å². The van der Waals surface area contributed by atoms with Gasteiger partial charge in [-0.05, 0) is 43.9 Å². The fourth-order valence-corrected chi connectivity index (χ4v) is 1.97. The first-order valence-electron chi connectivity index (χ1n) is 6.57. The Labute approximate surface area is 105 Å². The first-order valence-corrected chi connectivity index (χ1v) is 6.57. The highest BCUT2D eigenvalue weighted by Crippen LogP contribution is 2.15. The van der Waals surface area contributed by atoms with Crippen molar-refractivity contribution in [3.63, 3.8) is 0 Å². The number of hydrogen-bond donors (Lipinski definition) is 1. The summed E-state index contributed by atoms with van der Waals surface area (Å²) in [6, 6.07) is 10.7. The third-order valence-corrected chi connectivity index (χ3v) is 2.89. The summed E-state index contributed by atoms with van der Waals surface area (Å²) < 4.78 is 0. The molecule has 1 heteroatoms. The van der Waals surface area contributed by atoms with E-state index in [1.807, 2.05) is 0 Å². The van der Waals surface area contributed by atoms with Crippen molar-refractivity contribution in [2.75, 3.05) is 0 Å². The minimum atomic E-state index is 0.874. The van der Waals surface area contributed by atoms with Gasteiger partial charge >= 0.3 is 0 Å². The molecule has 0 aliphatic carbocycles. The highest BCUT2D eigenvalue weighted by molar-refractivity contribution is 5.52. The molecule has 1 N–H and O–H groups in total. The van der Waals surface area contributed by atoms with Crippen molar-refractivity contribution in [2.24, 2.45) is 0 Å². The van der Waals surface area contributed by atoms with E-state index in [1.165, 1.54) is 24.6 Å². The lowest BCUT2D eigenvalue weighted by Gasteiger charge is -2.06. The van der Waals surface area contributed by atoms with Crippen LogP contribution in [0, 0.1) is 5.41 Å². The Kier molecular flexibility index (Phi) is 7.04. The second-order valence-electron chi connectivity index (χ2n) is 4.38. The number of aryl methyl sites for hydroxylation is 1. The molecule has 0 fully saturated rings. The van der Waals surface area contributed by atoms with Gasteiger partial charge in [-0.1, -0.05) is 55.3 Å². The Balaban J connectivity index is 2.43. The third-order valence-electron chi connectivity index (χ3n) is 2.89. The van der Waals surface area contributed by atoms with E-state index in [-0.39, 0.29) is 0 Å². The van der Waals surface area contributed by atoms with Crippen molar-refractivity contribution in [2.45, 2.75) is 45.4 Å². The second-order valence-corrected chi connectivity index (χ2v) is 4.38. The smallest absolute Gasteiger partial charge is 0.00447 e. The van der Waals surface area contributed by atoms with Crippen LogP contribution in [-0.2, 0) is 6.42 Å². The lowest BCUT2D eigenvalue weighted by atomic mass is 10.00. The van der Waals surface area contributed by atoms with Crippen LogP contribution >= 0.6 is 0 Å². The van der Waals surface area contributed by atoms with E-state index < -0.39 is 0 Å². The molecule has 92 valence electrons. The third kappa shape index (κ3) is 6.06. The minimum absolute atomic E-state index is 0.874. The number of benzene rings is 1. The summed E-state index contributed by atoms with van der Waals surface area (Å²) in [5, 5.41) is 7.03. The molecule has 0 saturated heterocycles. The van der Waals surface area contributed by atoms with Gasteiger partial charge < -0.3 is 5.41 Å². The van der Waals surface area contributed by atoms with Crippen LogP contribution < -0.4 is 0 Å². The van der Waals surface area contributed by atoms with Crippen LogP contribution in [0.5, 0.6) is 0 Å². The van der Waals surface area contributed by atoms with Crippen molar-refractivity contribution in [3.05, 3.63) is 47.5 Å². The molecule has 0 aliphatic heterocycles. The molecule has 0 unspecified atom stereocenters. The maximum Gasteiger partial charge on any atom is -0.00447 e. The van der Waals surface area contributed by atoms with E-state index in [4.69, 9.17) is 5.41 Å². The first kappa shape index (κ1) is 13.7. The van der Waals surface area contributed by atoms with Crippen molar-refractivity contribution in [1.29, 1.82) is 5.41 Å². The van der Waals surface area contributed by atoms with Crippen molar-refractivity contribution >= 4 is 6.21 Å². The lowest BCUT2D eigenvalue weighted by molar-refractivity contribution is 0.807. The first-order chi connectivity index (χ1) is 8.36. The molecule has 0 amide bonds. The number of nitrogens with one attached hydrogen (secondary N) is 1. The van der Waals surface area contributed by atoms with Gasteiger partial charge in [-0.15, -0.1) is 0 Å². The number of unbranched alkanes of at least 4 members (excludes halogenated alkanes) is 1. The monoisotopic (exact) mass is 229 g/mol. The molecular formula is C16H23N. The quantitative estimate of drug-likeness (QED) is 0.377. The number of hydrogen-bond acceptors (Lipinski definition) is 1. The molecule has 0 aliphatic rings. The van der Waals surface area contributed by atoms with Gasteiger partial charge in [-0.25, -0.2) is 0 Å². The van der Waals surface area contributed by atoms with E-state index in [0.717, 1.165) is 25.7 Å². The SMILES string of the molecule is CCC/C(=C\CCC=N)CCc1ccccc1. The molecule has 0 radical (unpaired) electrons. The highest BCUT2D eigenvalue weighted by Gasteiger charge is 1.98. The predicted octanol–water partition coefficient (Wildman–Crippen LogP) is 4.78. The summed E-state index contributed by atoms with van der Waals surface area (Å²) >= 11 is 0. The Morgan fingerprint density at radius 2 is 1.88 bits per heavy atom. The second kappa shape index (κ2) is 8.74. The summed E-state index contributed by atoms with van der Waals surface area (Å²) in [6.07, 6.45) is 10.4. The van der Waals surface area contributed by atoms with Crippen LogP contribution in [0.25, 0.3) is 0 Å². The minimum Gasteiger partial charge on any atom is -0.313 e. The largest absolute Gasteiger partial charge is 0.313 e. The molecule has 0 aromatic heterocycles. The Bertz CT molecular complexity index is 338. The van der Waals surface area contributed by atoms with E-state index in [1.54, 1.807) is 5.57 Å². The van der Waals surface area contributed by atoms with Crippen LogP contribution in [-0.4, -0.2) is 6.21 Å². The van der Waals surface area contributed by atoms with E-state index in [2.05, 4.69) is 43.3 Å². The van der Waals surface area contributed by atoms with Crippen molar-refractivity contribution in [3.8, 4) is 0 Å². The number of rotatable bonds is 8. The van der Waals surface area contributed by atoms with Gasteiger partial charge in [-0.3, -0.25) is 0 Å². The van der Waals surface area contributed by atoms with Gasteiger partial charge in [0, 0.05) is 0 Å². The standard InChI is InChI=1S/C16H23N/c1-2-8-15(11-6-7-14-17)12-13-16-9-4-3-5-10-16/h3-5,9-11,14,17H,2,6-8,12-13H2,1H3/b15-11+,17-14?. The van der Waals surface area contributed by atoms with Crippen LogP contribution in [0.1, 0.15) is 44.6 Å². The van der Waals surface area contributed by atoms with Gasteiger partial charge in [0.1, 0.15) is 0 Å². The molecule has 0 saturated carbocycles. The zero-order chi connectivity index (χ0) is 12.3. The maximum atomic E-state index is 7.03. The topological polar surface area (TPSA) is 23.9 Å². The molecule has 17 heavy (non-hydrogen) atoms. The summed E-state index contributed by atoms with van der Waals surface area (Å²) in [7, 11) is 0. The zero-order valence-corrected chi connectivity index (χ0v) is 10.8. The normalized spacial score (nSPS) is 11.5. The zero-order valence-electron chi connectivity index (χ0n) is 10.8. The fourth-order valence-electron chi connectivity index (χ4n) is 1.97. The van der Waals surface area contributed by atoms with Crippen LogP contribution in [0.15, 0.2) is 42.0 Å². The summed E-state index contributed by atoms with van der Waals surface area (Å²) in [4.78, 5) is 0. The summed E-state index contributed by atoms with van der Waals surface area (Å²) in [5.74, 6) is 0. The molecule has 0 atom stereocenters. The summed E-state index contributed by atoms with van der Waals surface area (Å²) in [6.45, 7) is 2.23. The van der Waals surface area contributed by atoms with E-state index in [0.29, 0.717) is 0 Å².